The van der Waals surface area contributed by atoms with E-state index in [-0.39, 0.29) is 0 Å². The monoisotopic (exact) mass is 112 g/mol. The van der Waals surface area contributed by atoms with Crippen molar-refractivity contribution in [3.63, 3.8) is 0 Å². The highest BCUT2D eigenvalue weighted by Crippen LogP contribution is 2.11. The molecule has 0 radical (unpaired) electrons. The lowest BCUT2D eigenvalue weighted by molar-refractivity contribution is 0.128. The van der Waals surface area contributed by atoms with E-state index in [0.717, 1.165) is 0 Å². The van der Waals surface area contributed by atoms with Gasteiger partial charge in [0.15, 0.2) is 0 Å². The summed E-state index contributed by atoms with van der Waals surface area (Å²) in [6.45, 7) is 0. The average molecular weight is 112 g/mol. The second kappa shape index (κ2) is 2.88. The van der Waals surface area contributed by atoms with Gasteiger partial charge in [0.1, 0.15) is 0 Å². The molecule has 1 heteroatoms. The average Bonchev–Trinajstić information content (AvgIpc) is 1.90. The molecule has 0 fully saturated rings. The van der Waals surface area contributed by atoms with Crippen LogP contribution >= 0.6 is 0 Å². The molecule has 0 aromatic carbocycles. The predicted octanol–water partition coefficient (Wildman–Crippen LogP) is 1.74. The van der Waals surface area contributed by atoms with E-state index in [2.05, 4.69) is 12.2 Å². The molecule has 0 heterocycles. The minimum atomic E-state index is 0.406. The van der Waals surface area contributed by atoms with Gasteiger partial charge in [-0.1, -0.05) is 12.2 Å². The Morgan fingerprint density at radius 3 is 2.88 bits per heavy atom. The summed E-state index contributed by atoms with van der Waals surface area (Å²) < 4.78 is 5.10. The minimum Gasteiger partial charge on any atom is -0.377 e. The summed E-state index contributed by atoms with van der Waals surface area (Å²) in [6.07, 6.45) is 8.46. The lowest BCUT2D eigenvalue weighted by atomic mass is 10.1. The van der Waals surface area contributed by atoms with Crippen LogP contribution in [0.4, 0.5) is 0 Å². The van der Waals surface area contributed by atoms with Crippen molar-refractivity contribution in [2.45, 2.75) is 25.4 Å². The van der Waals surface area contributed by atoms with Crippen LogP contribution in [0.1, 0.15) is 19.3 Å². The smallest absolute Gasteiger partial charge is 0.0752 e. The van der Waals surface area contributed by atoms with Crippen LogP contribution in [0, 0.1) is 0 Å². The van der Waals surface area contributed by atoms with Crippen LogP contribution in [-0.4, -0.2) is 13.2 Å². The molecule has 0 spiro atoms. The van der Waals surface area contributed by atoms with Crippen LogP contribution in [0.15, 0.2) is 12.2 Å². The molecule has 0 aromatic heterocycles. The van der Waals surface area contributed by atoms with Crippen molar-refractivity contribution in [2.24, 2.45) is 0 Å². The fraction of sp³-hybridized carbons (Fsp3) is 0.714. The van der Waals surface area contributed by atoms with Gasteiger partial charge in [-0.2, -0.15) is 0 Å². The highest BCUT2D eigenvalue weighted by molar-refractivity contribution is 4.93. The van der Waals surface area contributed by atoms with Gasteiger partial charge >= 0.3 is 0 Å². The molecule has 8 heavy (non-hydrogen) atoms. The van der Waals surface area contributed by atoms with E-state index in [4.69, 9.17) is 4.74 Å². The molecular weight excluding hydrogens is 100 g/mol. The van der Waals surface area contributed by atoms with Crippen LogP contribution in [-0.2, 0) is 4.74 Å². The summed E-state index contributed by atoms with van der Waals surface area (Å²) in [4.78, 5) is 0. The van der Waals surface area contributed by atoms with Crippen molar-refractivity contribution in [2.75, 3.05) is 7.11 Å². The maximum absolute atomic E-state index is 5.10. The van der Waals surface area contributed by atoms with Crippen LogP contribution in [0.2, 0.25) is 0 Å². The van der Waals surface area contributed by atoms with Crippen LogP contribution in [0.5, 0.6) is 0 Å². The normalized spacial score (nSPS) is 28.4. The molecule has 1 rings (SSSR count). The highest BCUT2D eigenvalue weighted by atomic mass is 16.5. The largest absolute Gasteiger partial charge is 0.377 e. The van der Waals surface area contributed by atoms with Crippen molar-refractivity contribution in [1.29, 1.82) is 0 Å². The van der Waals surface area contributed by atoms with Crippen molar-refractivity contribution < 1.29 is 4.74 Å². The Hall–Kier alpha value is -0.300. The van der Waals surface area contributed by atoms with Gasteiger partial charge in [0.2, 0.25) is 0 Å². The van der Waals surface area contributed by atoms with Crippen LogP contribution in [0.25, 0.3) is 0 Å². The van der Waals surface area contributed by atoms with Crippen molar-refractivity contribution >= 4 is 0 Å². The number of ether oxygens (including phenoxy) is 1. The summed E-state index contributed by atoms with van der Waals surface area (Å²) in [7, 11) is 1.76. The Labute approximate surface area is 50.3 Å². The fourth-order valence-corrected chi connectivity index (χ4v) is 0.978. The maximum Gasteiger partial charge on any atom is 0.0752 e. The lowest BCUT2D eigenvalue weighted by Crippen LogP contribution is -2.08. The maximum atomic E-state index is 5.10. The predicted molar refractivity (Wildman–Crippen MR) is 33.8 cm³/mol. The number of hydrogen-bond acceptors (Lipinski definition) is 1. The summed E-state index contributed by atoms with van der Waals surface area (Å²) >= 11 is 0. The Kier molecular flexibility index (Phi) is 2.10. The molecule has 1 nitrogen and oxygen atoms in total. The number of hydrogen-bond donors (Lipinski definition) is 0. The third kappa shape index (κ3) is 1.34. The molecule has 0 aromatic rings. The molecular formula is C7H12O. The molecule has 0 bridgehead atoms. The second-order valence-corrected chi connectivity index (χ2v) is 2.13. The van der Waals surface area contributed by atoms with Gasteiger partial charge in [-0.25, -0.2) is 0 Å². The quantitative estimate of drug-likeness (QED) is 0.469. The fourth-order valence-electron chi connectivity index (χ4n) is 0.978. The number of methoxy groups -OCH3 is 1. The van der Waals surface area contributed by atoms with E-state index >= 15 is 0 Å². The summed E-state index contributed by atoms with van der Waals surface area (Å²) in [6, 6.07) is 0. The lowest BCUT2D eigenvalue weighted by Gasteiger charge is -2.13. The van der Waals surface area contributed by atoms with Gasteiger partial charge in [-0.3, -0.25) is 0 Å². The zero-order chi connectivity index (χ0) is 5.82. The minimum absolute atomic E-state index is 0.406. The van der Waals surface area contributed by atoms with Crippen molar-refractivity contribution in [1.82, 2.24) is 0 Å². The molecule has 1 atom stereocenters. The van der Waals surface area contributed by atoms with Gasteiger partial charge in [-0.05, 0) is 19.3 Å². The first kappa shape index (κ1) is 5.83. The van der Waals surface area contributed by atoms with E-state index in [0.29, 0.717) is 6.10 Å². The standard InChI is InChI=1S/C7H12O/c1-8-7-5-3-2-4-6-7/h3,5,7H,2,4,6H2,1H3/t7-/m0/s1. The van der Waals surface area contributed by atoms with E-state index < -0.39 is 0 Å². The van der Waals surface area contributed by atoms with Gasteiger partial charge in [-0.15, -0.1) is 0 Å². The second-order valence-electron chi connectivity index (χ2n) is 2.13. The molecule has 46 valence electrons. The number of rotatable bonds is 1. The molecule has 0 saturated carbocycles. The van der Waals surface area contributed by atoms with E-state index in [1.165, 1.54) is 19.3 Å². The zero-order valence-corrected chi connectivity index (χ0v) is 5.26. The van der Waals surface area contributed by atoms with E-state index in [1.54, 1.807) is 7.11 Å². The Balaban J connectivity index is 2.32. The first-order valence-corrected chi connectivity index (χ1v) is 3.13. The van der Waals surface area contributed by atoms with Crippen molar-refractivity contribution in [3.8, 4) is 0 Å². The van der Waals surface area contributed by atoms with Gasteiger partial charge in [0.25, 0.3) is 0 Å². The molecule has 1 aliphatic rings. The molecule has 0 unspecified atom stereocenters. The molecule has 1 aliphatic carbocycles. The SMILES string of the molecule is CO[C@H]1C=CCCC1. The molecule has 0 amide bonds. The Morgan fingerprint density at radius 2 is 2.50 bits per heavy atom. The molecule has 0 N–H and O–H groups in total. The summed E-state index contributed by atoms with van der Waals surface area (Å²) in [5, 5.41) is 0. The summed E-state index contributed by atoms with van der Waals surface area (Å²) in [5.74, 6) is 0. The molecule has 0 saturated heterocycles. The summed E-state index contributed by atoms with van der Waals surface area (Å²) in [5.41, 5.74) is 0. The third-order valence-electron chi connectivity index (χ3n) is 1.51. The molecule has 0 aliphatic heterocycles. The highest BCUT2D eigenvalue weighted by Gasteiger charge is 2.04. The zero-order valence-electron chi connectivity index (χ0n) is 5.26. The Morgan fingerprint density at radius 1 is 1.62 bits per heavy atom. The van der Waals surface area contributed by atoms with Gasteiger partial charge < -0.3 is 4.74 Å². The van der Waals surface area contributed by atoms with E-state index in [1.807, 2.05) is 0 Å². The number of allylic oxidation sites excluding steroid dienone is 1. The topological polar surface area (TPSA) is 9.23 Å². The van der Waals surface area contributed by atoms with Crippen molar-refractivity contribution in [3.05, 3.63) is 12.2 Å². The van der Waals surface area contributed by atoms with Gasteiger partial charge in [0, 0.05) is 7.11 Å². The van der Waals surface area contributed by atoms with Crippen LogP contribution in [0.3, 0.4) is 0 Å². The van der Waals surface area contributed by atoms with Crippen LogP contribution < -0.4 is 0 Å². The first-order valence-electron chi connectivity index (χ1n) is 3.13. The Bertz CT molecular complexity index is 86.4. The third-order valence-corrected chi connectivity index (χ3v) is 1.51. The van der Waals surface area contributed by atoms with Gasteiger partial charge in [0.05, 0.1) is 6.10 Å². The first-order chi connectivity index (χ1) is 3.93. The van der Waals surface area contributed by atoms with E-state index in [9.17, 15) is 0 Å².